The second-order valence-corrected chi connectivity index (χ2v) is 2.30. The van der Waals surface area contributed by atoms with Crippen molar-refractivity contribution in [2.75, 3.05) is 0 Å². The Morgan fingerprint density at radius 1 is 1.18 bits per heavy atom. The Hall–Kier alpha value is -0.500. The van der Waals surface area contributed by atoms with Gasteiger partial charge in [-0.05, 0) is 24.1 Å². The number of ether oxygens (including phenoxy) is 1. The van der Waals surface area contributed by atoms with Crippen LogP contribution in [0.2, 0.25) is 0 Å². The van der Waals surface area contributed by atoms with Crippen LogP contribution in [0.25, 0.3) is 0 Å². The van der Waals surface area contributed by atoms with E-state index in [1.54, 1.807) is 6.26 Å². The maximum Gasteiger partial charge on any atom is 0.130 e. The fourth-order valence-electron chi connectivity index (χ4n) is 1.08. The molecule has 0 atom stereocenters. The van der Waals surface area contributed by atoms with Crippen LogP contribution < -0.4 is 4.74 Å². The van der Waals surface area contributed by atoms with E-state index in [9.17, 15) is 0 Å². The first-order chi connectivity index (χ1) is 4.97. The average Bonchev–Trinajstić information content (AvgIpc) is 2.05. The van der Waals surface area contributed by atoms with Gasteiger partial charge >= 0.3 is 0 Å². The van der Waals surface area contributed by atoms with Gasteiger partial charge < -0.3 is 4.74 Å². The van der Waals surface area contributed by atoms with E-state index in [1.165, 1.54) is 5.56 Å². The molecule has 0 aromatic heterocycles. The molecule has 0 fully saturated rings. The maximum absolute atomic E-state index is 5.24. The molecule has 0 unspecified atom stereocenters. The van der Waals surface area contributed by atoms with Crippen molar-refractivity contribution in [3.05, 3.63) is 42.2 Å². The zero-order valence-electron chi connectivity index (χ0n) is 5.88. The minimum absolute atomic E-state index is 0. The number of allylic oxidation sites excluding steroid dienone is 1. The van der Waals surface area contributed by atoms with Crippen LogP contribution >= 0.6 is 0 Å². The third kappa shape index (κ3) is 1.75. The molecule has 11 heavy (non-hydrogen) atoms. The van der Waals surface area contributed by atoms with Crippen molar-refractivity contribution in [2.45, 2.75) is 6.42 Å². The zero-order valence-corrected chi connectivity index (χ0v) is 8.05. The predicted molar refractivity (Wildman–Crippen MR) is 39.9 cm³/mol. The summed E-state index contributed by atoms with van der Waals surface area (Å²) in [5, 5.41) is 0. The molecule has 0 spiro atoms. The largest absolute Gasteiger partial charge is 0.465 e. The first kappa shape index (κ1) is 8.60. The smallest absolute Gasteiger partial charge is 0.130 e. The summed E-state index contributed by atoms with van der Waals surface area (Å²) in [4.78, 5) is 0. The Labute approximate surface area is 81.6 Å². The van der Waals surface area contributed by atoms with Crippen LogP contribution in [0.1, 0.15) is 5.56 Å². The Balaban J connectivity index is 0.000000605. The van der Waals surface area contributed by atoms with E-state index in [2.05, 4.69) is 6.07 Å². The molecule has 1 nitrogen and oxygen atoms in total. The standard InChI is InChI=1S/C9H8O.Au/c1-2-6-9-8(4-1)5-3-7-10-9;/h1-4,6-7H,5H2;. The number of hydrogen-bond donors (Lipinski definition) is 0. The molecular formula is C9H8AuO. The predicted octanol–water partition coefficient (Wildman–Crippen LogP) is 2.13. The molecule has 1 aromatic rings. The average molecular weight is 329 g/mol. The van der Waals surface area contributed by atoms with Gasteiger partial charge in [0.05, 0.1) is 6.26 Å². The van der Waals surface area contributed by atoms with Crippen molar-refractivity contribution >= 4 is 0 Å². The molecule has 1 radical (unpaired) electrons. The SMILES string of the molecule is C1=COc2ccccc2C1.[Au]. The van der Waals surface area contributed by atoms with Gasteiger partial charge in [-0.3, -0.25) is 0 Å². The second kappa shape index (κ2) is 3.77. The molecule has 0 bridgehead atoms. The van der Waals surface area contributed by atoms with Crippen molar-refractivity contribution in [1.29, 1.82) is 0 Å². The monoisotopic (exact) mass is 329 g/mol. The summed E-state index contributed by atoms with van der Waals surface area (Å²) in [5.41, 5.74) is 1.27. The van der Waals surface area contributed by atoms with Crippen LogP contribution in [0.15, 0.2) is 36.6 Å². The Kier molecular flexibility index (Phi) is 2.94. The maximum atomic E-state index is 5.24. The summed E-state index contributed by atoms with van der Waals surface area (Å²) >= 11 is 0. The van der Waals surface area contributed by atoms with Crippen LogP contribution in [-0.4, -0.2) is 0 Å². The van der Waals surface area contributed by atoms with E-state index in [1.807, 2.05) is 24.3 Å². The van der Waals surface area contributed by atoms with Gasteiger partial charge in [-0.1, -0.05) is 18.2 Å². The number of rotatable bonds is 0. The number of para-hydroxylation sites is 1. The molecule has 0 amide bonds. The third-order valence-electron chi connectivity index (χ3n) is 1.60. The molecule has 0 aliphatic carbocycles. The molecule has 61 valence electrons. The molecule has 0 saturated heterocycles. The van der Waals surface area contributed by atoms with Gasteiger partial charge in [0, 0.05) is 22.4 Å². The Bertz CT molecular complexity index is 241. The summed E-state index contributed by atoms with van der Waals surface area (Å²) in [6, 6.07) is 8.08. The van der Waals surface area contributed by atoms with E-state index in [0.717, 1.165) is 12.2 Å². The molecule has 1 aromatic carbocycles. The quantitative estimate of drug-likeness (QED) is 0.663. The van der Waals surface area contributed by atoms with E-state index in [-0.39, 0.29) is 22.4 Å². The van der Waals surface area contributed by atoms with Gasteiger partial charge in [-0.2, -0.15) is 0 Å². The normalized spacial score (nSPS) is 12.7. The minimum atomic E-state index is 0. The molecule has 1 heterocycles. The molecule has 0 saturated carbocycles. The van der Waals surface area contributed by atoms with Crippen LogP contribution in [-0.2, 0) is 28.8 Å². The van der Waals surface area contributed by atoms with E-state index < -0.39 is 0 Å². The first-order valence-electron chi connectivity index (χ1n) is 3.36. The Morgan fingerprint density at radius 2 is 2.00 bits per heavy atom. The van der Waals surface area contributed by atoms with Crippen molar-refractivity contribution in [3.63, 3.8) is 0 Å². The first-order valence-corrected chi connectivity index (χ1v) is 3.36. The van der Waals surface area contributed by atoms with Crippen molar-refractivity contribution in [2.24, 2.45) is 0 Å². The van der Waals surface area contributed by atoms with Crippen molar-refractivity contribution < 1.29 is 27.1 Å². The van der Waals surface area contributed by atoms with Crippen LogP contribution in [0.4, 0.5) is 0 Å². The summed E-state index contributed by atoms with van der Waals surface area (Å²) in [5.74, 6) is 0.991. The van der Waals surface area contributed by atoms with Gasteiger partial charge in [0.25, 0.3) is 0 Å². The summed E-state index contributed by atoms with van der Waals surface area (Å²) in [7, 11) is 0. The zero-order chi connectivity index (χ0) is 6.81. The minimum Gasteiger partial charge on any atom is -0.465 e. The van der Waals surface area contributed by atoms with Gasteiger partial charge in [0.1, 0.15) is 5.75 Å². The van der Waals surface area contributed by atoms with E-state index in [4.69, 9.17) is 4.74 Å². The summed E-state index contributed by atoms with van der Waals surface area (Å²) in [6.07, 6.45) is 4.75. The third-order valence-corrected chi connectivity index (χ3v) is 1.60. The van der Waals surface area contributed by atoms with Gasteiger partial charge in [-0.15, -0.1) is 0 Å². The Morgan fingerprint density at radius 3 is 2.82 bits per heavy atom. The molecule has 2 heteroatoms. The molecule has 0 N–H and O–H groups in total. The van der Waals surface area contributed by atoms with Crippen LogP contribution in [0.5, 0.6) is 5.75 Å². The molecule has 2 rings (SSSR count). The van der Waals surface area contributed by atoms with Crippen molar-refractivity contribution in [1.82, 2.24) is 0 Å². The summed E-state index contributed by atoms with van der Waals surface area (Å²) < 4.78 is 5.24. The fraction of sp³-hybridized carbons (Fsp3) is 0.111. The van der Waals surface area contributed by atoms with Crippen molar-refractivity contribution in [3.8, 4) is 5.75 Å². The van der Waals surface area contributed by atoms with Gasteiger partial charge in [-0.25, -0.2) is 0 Å². The summed E-state index contributed by atoms with van der Waals surface area (Å²) in [6.45, 7) is 0. The second-order valence-electron chi connectivity index (χ2n) is 2.30. The van der Waals surface area contributed by atoms with Gasteiger partial charge in [0.15, 0.2) is 0 Å². The topological polar surface area (TPSA) is 9.23 Å². The number of hydrogen-bond acceptors (Lipinski definition) is 1. The van der Waals surface area contributed by atoms with E-state index >= 15 is 0 Å². The van der Waals surface area contributed by atoms with E-state index in [0.29, 0.717) is 0 Å². The molecular weight excluding hydrogens is 321 g/mol. The number of fused-ring (bicyclic) bond motifs is 1. The molecule has 1 aliphatic rings. The number of benzene rings is 1. The van der Waals surface area contributed by atoms with Crippen LogP contribution in [0.3, 0.4) is 0 Å². The molecule has 1 aliphatic heterocycles. The van der Waals surface area contributed by atoms with Gasteiger partial charge in [0.2, 0.25) is 0 Å². The fourth-order valence-corrected chi connectivity index (χ4v) is 1.08. The van der Waals surface area contributed by atoms with Crippen LogP contribution in [0, 0.1) is 0 Å².